The molecule has 1 saturated carbocycles. The molecule has 1 aliphatic heterocycles. The molecule has 1 N–H and O–H groups in total. The second kappa shape index (κ2) is 7.62. The molecule has 1 aromatic carbocycles. The van der Waals surface area contributed by atoms with Crippen LogP contribution in [0, 0.1) is 18.8 Å². The Morgan fingerprint density at radius 1 is 1.23 bits per heavy atom. The molecule has 0 radical (unpaired) electrons. The molecule has 1 saturated heterocycles. The molecular formula is C21H28N4O. The molecule has 1 aliphatic carbocycles. The molecule has 5 nitrogen and oxygen atoms in total. The average molecular weight is 352 g/mol. The minimum absolute atomic E-state index is 0.131. The van der Waals surface area contributed by atoms with Crippen LogP contribution in [0.1, 0.15) is 36.9 Å². The predicted molar refractivity (Wildman–Crippen MR) is 102 cm³/mol. The number of carbonyl (C=O) groups excluding carboxylic acids is 1. The van der Waals surface area contributed by atoms with Crippen LogP contribution in [-0.4, -0.2) is 40.2 Å². The third-order valence-electron chi connectivity index (χ3n) is 5.55. The summed E-state index contributed by atoms with van der Waals surface area (Å²) in [7, 11) is 0. The van der Waals surface area contributed by atoms with E-state index in [0.29, 0.717) is 0 Å². The maximum absolute atomic E-state index is 12.4. The molecule has 5 heteroatoms. The van der Waals surface area contributed by atoms with E-state index in [2.05, 4.69) is 40.6 Å². The normalized spacial score (nSPS) is 20.9. The summed E-state index contributed by atoms with van der Waals surface area (Å²) in [4.78, 5) is 14.8. The van der Waals surface area contributed by atoms with E-state index in [9.17, 15) is 4.79 Å². The van der Waals surface area contributed by atoms with Crippen LogP contribution in [-0.2, 0) is 11.3 Å². The maximum Gasteiger partial charge on any atom is 0.224 e. The van der Waals surface area contributed by atoms with Gasteiger partial charge in [0, 0.05) is 31.4 Å². The summed E-state index contributed by atoms with van der Waals surface area (Å²) < 4.78 is 1.95. The number of nitrogens with one attached hydrogen (secondary N) is 1. The second-order valence-corrected chi connectivity index (χ2v) is 7.78. The maximum atomic E-state index is 12.4. The fraction of sp³-hybridized carbons (Fsp3) is 0.524. The third-order valence-corrected chi connectivity index (χ3v) is 5.55. The zero-order valence-corrected chi connectivity index (χ0v) is 15.5. The van der Waals surface area contributed by atoms with Crippen molar-refractivity contribution in [2.45, 2.75) is 39.2 Å². The smallest absolute Gasteiger partial charge is 0.224 e. The highest BCUT2D eigenvalue weighted by Gasteiger charge is 2.28. The van der Waals surface area contributed by atoms with Crippen molar-refractivity contribution >= 4 is 5.91 Å². The first kappa shape index (κ1) is 17.3. The largest absolute Gasteiger partial charge is 0.356 e. The number of aryl methyl sites for hydroxylation is 1. The zero-order chi connectivity index (χ0) is 17.9. The number of aromatic nitrogens is 2. The number of hydrogen-bond donors (Lipinski definition) is 1. The lowest BCUT2D eigenvalue weighted by atomic mass is 9.96. The Labute approximate surface area is 155 Å². The van der Waals surface area contributed by atoms with Crippen molar-refractivity contribution in [1.29, 1.82) is 0 Å². The highest BCUT2D eigenvalue weighted by Crippen LogP contribution is 2.28. The zero-order valence-electron chi connectivity index (χ0n) is 15.5. The van der Waals surface area contributed by atoms with Crippen LogP contribution in [0.2, 0.25) is 0 Å². The summed E-state index contributed by atoms with van der Waals surface area (Å²) in [6, 6.07) is 10.2. The van der Waals surface area contributed by atoms with Crippen LogP contribution in [0.15, 0.2) is 36.5 Å². The van der Waals surface area contributed by atoms with Gasteiger partial charge in [0.05, 0.1) is 17.3 Å². The summed E-state index contributed by atoms with van der Waals surface area (Å²) >= 11 is 0. The van der Waals surface area contributed by atoms with Crippen LogP contribution in [0.4, 0.5) is 0 Å². The topological polar surface area (TPSA) is 50.2 Å². The Morgan fingerprint density at radius 2 is 2.04 bits per heavy atom. The van der Waals surface area contributed by atoms with Crippen molar-refractivity contribution in [1.82, 2.24) is 20.0 Å². The van der Waals surface area contributed by atoms with E-state index in [1.807, 2.05) is 22.9 Å². The number of rotatable bonds is 6. The van der Waals surface area contributed by atoms with Gasteiger partial charge in [-0.1, -0.05) is 18.2 Å². The summed E-state index contributed by atoms with van der Waals surface area (Å²) in [5.41, 5.74) is 3.39. The van der Waals surface area contributed by atoms with Crippen LogP contribution in [0.5, 0.6) is 0 Å². The van der Waals surface area contributed by atoms with Crippen LogP contribution < -0.4 is 5.32 Å². The molecule has 2 aliphatic rings. The van der Waals surface area contributed by atoms with E-state index < -0.39 is 0 Å². The first-order chi connectivity index (χ1) is 12.7. The van der Waals surface area contributed by atoms with Crippen LogP contribution in [0.25, 0.3) is 5.69 Å². The van der Waals surface area contributed by atoms with E-state index in [0.717, 1.165) is 56.3 Å². The van der Waals surface area contributed by atoms with Gasteiger partial charge in [-0.25, -0.2) is 4.68 Å². The summed E-state index contributed by atoms with van der Waals surface area (Å²) in [6.07, 6.45) is 6.79. The monoisotopic (exact) mass is 352 g/mol. The first-order valence-electron chi connectivity index (χ1n) is 9.79. The Kier molecular flexibility index (Phi) is 5.07. The minimum Gasteiger partial charge on any atom is -0.356 e. The van der Waals surface area contributed by atoms with Crippen LogP contribution >= 0.6 is 0 Å². The predicted octanol–water partition coefficient (Wildman–Crippen LogP) is 2.92. The number of nitrogens with zero attached hydrogens (tertiary/aromatic N) is 3. The standard InChI is InChI=1S/C21H28N4O/c1-16-19(15-25(23-16)20-7-3-2-4-8-20)14-24-11-5-6-18(13-24)21(26)22-12-17-9-10-17/h2-4,7-8,15,17-18H,5-6,9-14H2,1H3,(H,22,26). The number of benzene rings is 1. The van der Waals surface area contributed by atoms with Gasteiger partial charge >= 0.3 is 0 Å². The summed E-state index contributed by atoms with van der Waals surface area (Å²) in [5.74, 6) is 1.12. The molecule has 1 aromatic heterocycles. The molecule has 1 unspecified atom stereocenters. The number of amides is 1. The van der Waals surface area contributed by atoms with Crippen molar-refractivity contribution in [3.05, 3.63) is 47.8 Å². The highest BCUT2D eigenvalue weighted by atomic mass is 16.1. The van der Waals surface area contributed by atoms with Gasteiger partial charge in [0.1, 0.15) is 0 Å². The van der Waals surface area contributed by atoms with Crippen molar-refractivity contribution in [2.75, 3.05) is 19.6 Å². The molecule has 2 fully saturated rings. The van der Waals surface area contributed by atoms with Gasteiger partial charge in [-0.2, -0.15) is 5.10 Å². The highest BCUT2D eigenvalue weighted by molar-refractivity contribution is 5.79. The van der Waals surface area contributed by atoms with Crippen molar-refractivity contribution in [2.24, 2.45) is 11.8 Å². The van der Waals surface area contributed by atoms with Gasteiger partial charge < -0.3 is 5.32 Å². The van der Waals surface area contributed by atoms with E-state index in [1.54, 1.807) is 0 Å². The summed E-state index contributed by atoms with van der Waals surface area (Å²) in [6.45, 7) is 5.72. The van der Waals surface area contributed by atoms with Gasteiger partial charge in [-0.3, -0.25) is 9.69 Å². The van der Waals surface area contributed by atoms with E-state index in [4.69, 9.17) is 0 Å². The number of para-hydroxylation sites is 1. The number of carbonyl (C=O) groups is 1. The van der Waals surface area contributed by atoms with Gasteiger partial charge in [0.25, 0.3) is 0 Å². The quantitative estimate of drug-likeness (QED) is 0.870. The third kappa shape index (κ3) is 4.15. The molecular weight excluding hydrogens is 324 g/mol. The van der Waals surface area contributed by atoms with Gasteiger partial charge in [0.15, 0.2) is 0 Å². The van der Waals surface area contributed by atoms with Crippen molar-refractivity contribution < 1.29 is 4.79 Å². The SMILES string of the molecule is Cc1nn(-c2ccccc2)cc1CN1CCCC(C(=O)NCC2CC2)C1. The molecule has 138 valence electrons. The number of hydrogen-bond acceptors (Lipinski definition) is 3. The Morgan fingerprint density at radius 3 is 2.81 bits per heavy atom. The Balaban J connectivity index is 1.37. The molecule has 1 atom stereocenters. The second-order valence-electron chi connectivity index (χ2n) is 7.78. The van der Waals surface area contributed by atoms with E-state index in [1.165, 1.54) is 18.4 Å². The lowest BCUT2D eigenvalue weighted by Crippen LogP contribution is -2.43. The fourth-order valence-electron chi connectivity index (χ4n) is 3.73. The molecule has 26 heavy (non-hydrogen) atoms. The Bertz CT molecular complexity index is 751. The molecule has 0 spiro atoms. The summed E-state index contributed by atoms with van der Waals surface area (Å²) in [5, 5.41) is 7.82. The van der Waals surface area contributed by atoms with Gasteiger partial charge in [0.2, 0.25) is 5.91 Å². The fourth-order valence-corrected chi connectivity index (χ4v) is 3.73. The number of likely N-dealkylation sites (tertiary alicyclic amines) is 1. The van der Waals surface area contributed by atoms with Gasteiger partial charge in [-0.05, 0) is 57.2 Å². The lowest BCUT2D eigenvalue weighted by Gasteiger charge is -2.31. The minimum atomic E-state index is 0.131. The van der Waals surface area contributed by atoms with E-state index in [-0.39, 0.29) is 11.8 Å². The van der Waals surface area contributed by atoms with Gasteiger partial charge in [-0.15, -0.1) is 0 Å². The Hall–Kier alpha value is -2.14. The first-order valence-corrected chi connectivity index (χ1v) is 9.79. The van der Waals surface area contributed by atoms with E-state index >= 15 is 0 Å². The molecule has 2 aromatic rings. The molecule has 2 heterocycles. The molecule has 1 amide bonds. The van der Waals surface area contributed by atoms with Crippen LogP contribution in [0.3, 0.4) is 0 Å². The lowest BCUT2D eigenvalue weighted by molar-refractivity contribution is -0.126. The average Bonchev–Trinajstić information content (AvgIpc) is 3.43. The number of piperidine rings is 1. The van der Waals surface area contributed by atoms with Crippen molar-refractivity contribution in [3.63, 3.8) is 0 Å². The molecule has 0 bridgehead atoms. The van der Waals surface area contributed by atoms with Crippen molar-refractivity contribution in [3.8, 4) is 5.69 Å². The molecule has 4 rings (SSSR count).